The molecule has 1 aliphatic carbocycles. The minimum atomic E-state index is -3.57. The van der Waals surface area contributed by atoms with Gasteiger partial charge in [0.1, 0.15) is 5.82 Å². The number of rotatable bonds is 9. The Kier molecular flexibility index (Phi) is 7.44. The molecule has 1 aliphatic heterocycles. The van der Waals surface area contributed by atoms with E-state index in [1.54, 1.807) is 28.8 Å². The van der Waals surface area contributed by atoms with Crippen LogP contribution in [-0.2, 0) is 21.4 Å². The molecule has 0 spiro atoms. The van der Waals surface area contributed by atoms with Crippen LogP contribution in [0.4, 0.5) is 0 Å². The van der Waals surface area contributed by atoms with Crippen LogP contribution in [0.15, 0.2) is 34.3 Å². The molecule has 2 aromatic rings. The lowest BCUT2D eigenvalue weighted by atomic mass is 10.2. The van der Waals surface area contributed by atoms with Gasteiger partial charge in [0.05, 0.1) is 4.90 Å². The van der Waals surface area contributed by atoms with Crippen LogP contribution in [0.2, 0.25) is 5.02 Å². The van der Waals surface area contributed by atoms with Crippen molar-refractivity contribution < 1.29 is 13.2 Å². The molecule has 174 valence electrons. The van der Waals surface area contributed by atoms with Gasteiger partial charge in [0.25, 0.3) is 0 Å². The Balaban J connectivity index is 1.21. The van der Waals surface area contributed by atoms with Crippen molar-refractivity contribution in [1.82, 2.24) is 24.0 Å². The second-order valence-corrected chi connectivity index (χ2v) is 11.5. The van der Waals surface area contributed by atoms with Gasteiger partial charge in [0, 0.05) is 55.8 Å². The van der Waals surface area contributed by atoms with Gasteiger partial charge in [-0.15, -0.1) is 10.2 Å². The average Bonchev–Trinajstić information content (AvgIpc) is 3.56. The summed E-state index contributed by atoms with van der Waals surface area (Å²) in [5, 5.41) is 10.1. The molecule has 0 atom stereocenters. The number of carbonyl (C=O) groups excluding carboxylic acids is 1. The lowest BCUT2D eigenvalue weighted by molar-refractivity contribution is -0.132. The van der Waals surface area contributed by atoms with E-state index < -0.39 is 10.0 Å². The van der Waals surface area contributed by atoms with E-state index >= 15 is 0 Å². The second kappa shape index (κ2) is 10.1. The van der Waals surface area contributed by atoms with E-state index in [9.17, 15) is 13.2 Å². The van der Waals surface area contributed by atoms with Gasteiger partial charge in [-0.2, -0.15) is 4.31 Å². The number of aromatic nitrogens is 3. The lowest BCUT2D eigenvalue weighted by Gasteiger charge is -2.34. The normalized spacial score (nSPS) is 17.6. The first-order valence-electron chi connectivity index (χ1n) is 11.0. The molecule has 0 N–H and O–H groups in total. The highest BCUT2D eigenvalue weighted by Gasteiger charge is 2.31. The molecular formula is C21H28ClN5O3S2. The van der Waals surface area contributed by atoms with Crippen molar-refractivity contribution in [2.45, 2.75) is 55.1 Å². The molecule has 1 saturated carbocycles. The standard InChI is InChI=1S/C21H28ClN5O3S2/c1-2-27-20(16-5-6-16)23-24-21(27)31-15-3-4-19(28)25-11-13-26(14-12-25)32(29,30)18-9-7-17(22)8-10-18/h7-10,16H,2-6,11-15H2,1H3. The van der Waals surface area contributed by atoms with E-state index in [-0.39, 0.29) is 10.8 Å². The average molecular weight is 498 g/mol. The molecule has 1 amide bonds. The van der Waals surface area contributed by atoms with Gasteiger partial charge < -0.3 is 9.47 Å². The van der Waals surface area contributed by atoms with Gasteiger partial charge in [0.15, 0.2) is 5.16 Å². The fourth-order valence-corrected chi connectivity index (χ4v) is 6.32. The van der Waals surface area contributed by atoms with Crippen LogP contribution in [0.5, 0.6) is 0 Å². The number of sulfonamides is 1. The van der Waals surface area contributed by atoms with Crippen LogP contribution in [0, 0.1) is 0 Å². The summed E-state index contributed by atoms with van der Waals surface area (Å²) in [5.41, 5.74) is 0. The highest BCUT2D eigenvalue weighted by Crippen LogP contribution is 2.40. The fraction of sp³-hybridized carbons (Fsp3) is 0.571. The van der Waals surface area contributed by atoms with Crippen LogP contribution < -0.4 is 0 Å². The quantitative estimate of drug-likeness (QED) is 0.390. The topological polar surface area (TPSA) is 88.4 Å². The van der Waals surface area contributed by atoms with Crippen LogP contribution in [0.25, 0.3) is 0 Å². The molecule has 11 heteroatoms. The first-order valence-corrected chi connectivity index (χ1v) is 13.8. The Hall–Kier alpha value is -1.62. The summed E-state index contributed by atoms with van der Waals surface area (Å²) in [6.07, 6.45) is 3.60. The molecule has 1 saturated heterocycles. The largest absolute Gasteiger partial charge is 0.340 e. The molecule has 0 bridgehead atoms. The van der Waals surface area contributed by atoms with Crippen molar-refractivity contribution >= 4 is 39.3 Å². The van der Waals surface area contributed by atoms with Crippen LogP contribution in [0.3, 0.4) is 0 Å². The van der Waals surface area contributed by atoms with Crippen LogP contribution in [0.1, 0.15) is 44.3 Å². The maximum absolute atomic E-state index is 12.8. The number of nitrogens with zero attached hydrogens (tertiary/aromatic N) is 5. The summed E-state index contributed by atoms with van der Waals surface area (Å²) >= 11 is 7.51. The number of benzene rings is 1. The summed E-state index contributed by atoms with van der Waals surface area (Å²) in [6.45, 7) is 4.39. The number of hydrogen-bond donors (Lipinski definition) is 0. The molecule has 1 aromatic carbocycles. The van der Waals surface area contributed by atoms with Gasteiger partial charge in [-0.05, 0) is 50.5 Å². The predicted molar refractivity (Wildman–Crippen MR) is 124 cm³/mol. The smallest absolute Gasteiger partial charge is 0.243 e. The summed E-state index contributed by atoms with van der Waals surface area (Å²) in [7, 11) is -3.57. The van der Waals surface area contributed by atoms with Gasteiger partial charge in [-0.25, -0.2) is 8.42 Å². The summed E-state index contributed by atoms with van der Waals surface area (Å²) < 4.78 is 29.2. The number of hydrogen-bond acceptors (Lipinski definition) is 6. The Morgan fingerprint density at radius 3 is 2.44 bits per heavy atom. The zero-order chi connectivity index (χ0) is 22.7. The SMILES string of the molecule is CCn1c(SCCCC(=O)N2CCN(S(=O)(=O)c3ccc(Cl)cc3)CC2)nnc1C1CC1. The van der Waals surface area contributed by atoms with Gasteiger partial charge in [0.2, 0.25) is 15.9 Å². The Morgan fingerprint density at radius 2 is 1.81 bits per heavy atom. The molecule has 2 fully saturated rings. The first kappa shape index (κ1) is 23.5. The van der Waals surface area contributed by atoms with E-state index in [0.29, 0.717) is 43.5 Å². The van der Waals surface area contributed by atoms with Gasteiger partial charge >= 0.3 is 0 Å². The lowest BCUT2D eigenvalue weighted by Crippen LogP contribution is -2.50. The zero-order valence-electron chi connectivity index (χ0n) is 18.1. The third-order valence-electron chi connectivity index (χ3n) is 5.81. The molecule has 1 aromatic heterocycles. The highest BCUT2D eigenvalue weighted by molar-refractivity contribution is 7.99. The van der Waals surface area contributed by atoms with E-state index in [0.717, 1.165) is 29.7 Å². The summed E-state index contributed by atoms with van der Waals surface area (Å²) in [5.74, 6) is 2.54. The third kappa shape index (κ3) is 5.30. The van der Waals surface area contributed by atoms with E-state index in [2.05, 4.69) is 21.7 Å². The van der Waals surface area contributed by atoms with Crippen molar-refractivity contribution in [1.29, 1.82) is 0 Å². The number of amides is 1. The third-order valence-corrected chi connectivity index (χ3v) is 9.03. The monoisotopic (exact) mass is 497 g/mol. The summed E-state index contributed by atoms with van der Waals surface area (Å²) in [4.78, 5) is 14.6. The molecule has 0 unspecified atom stereocenters. The Bertz CT molecular complexity index is 1050. The van der Waals surface area contributed by atoms with Crippen LogP contribution in [-0.4, -0.2) is 70.2 Å². The Labute approximate surface area is 198 Å². The van der Waals surface area contributed by atoms with E-state index in [1.807, 2.05) is 0 Å². The molecule has 2 aliphatic rings. The van der Waals surface area contributed by atoms with Crippen molar-refractivity contribution in [3.63, 3.8) is 0 Å². The number of carbonyl (C=O) groups is 1. The van der Waals surface area contributed by atoms with Crippen LogP contribution >= 0.6 is 23.4 Å². The van der Waals surface area contributed by atoms with Crippen molar-refractivity contribution in [3.8, 4) is 0 Å². The Morgan fingerprint density at radius 1 is 1.12 bits per heavy atom. The van der Waals surface area contributed by atoms with Crippen molar-refractivity contribution in [3.05, 3.63) is 35.1 Å². The van der Waals surface area contributed by atoms with Gasteiger partial charge in [-0.3, -0.25) is 4.79 Å². The van der Waals surface area contributed by atoms with Crippen molar-refractivity contribution in [2.24, 2.45) is 0 Å². The zero-order valence-corrected chi connectivity index (χ0v) is 20.5. The first-order chi connectivity index (χ1) is 15.4. The number of piperazine rings is 1. The minimum absolute atomic E-state index is 0.0739. The maximum Gasteiger partial charge on any atom is 0.243 e. The number of thioether (sulfide) groups is 1. The highest BCUT2D eigenvalue weighted by atomic mass is 35.5. The van der Waals surface area contributed by atoms with E-state index in [1.165, 1.54) is 29.3 Å². The second-order valence-electron chi connectivity index (χ2n) is 8.05. The molecule has 8 nitrogen and oxygen atoms in total. The molecule has 2 heterocycles. The molecular weight excluding hydrogens is 470 g/mol. The molecule has 32 heavy (non-hydrogen) atoms. The number of halogens is 1. The van der Waals surface area contributed by atoms with Crippen molar-refractivity contribution in [2.75, 3.05) is 31.9 Å². The molecule has 0 radical (unpaired) electrons. The maximum atomic E-state index is 12.8. The predicted octanol–water partition coefficient (Wildman–Crippen LogP) is 3.23. The minimum Gasteiger partial charge on any atom is -0.340 e. The summed E-state index contributed by atoms with van der Waals surface area (Å²) in [6, 6.07) is 6.17. The van der Waals surface area contributed by atoms with Gasteiger partial charge in [-0.1, -0.05) is 23.4 Å². The van der Waals surface area contributed by atoms with E-state index in [4.69, 9.17) is 11.6 Å². The molecule has 4 rings (SSSR count). The fourth-order valence-electron chi connectivity index (χ4n) is 3.83.